The van der Waals surface area contributed by atoms with Crippen LogP contribution in [0, 0.1) is 0 Å². The summed E-state index contributed by atoms with van der Waals surface area (Å²) in [4.78, 5) is 16.1. The first kappa shape index (κ1) is 21.0. The number of hydrogen-bond donors (Lipinski definition) is 1. The predicted molar refractivity (Wildman–Crippen MR) is 112 cm³/mol. The maximum Gasteiger partial charge on any atom is 0.251 e. The van der Waals surface area contributed by atoms with E-state index in [1.165, 1.54) is 15.2 Å². The quantitative estimate of drug-likeness (QED) is 0.746. The molecule has 2 heterocycles. The number of carbonyl (C=O) groups is 1. The fraction of sp³-hybridized carbons (Fsp3) is 0.450. The summed E-state index contributed by atoms with van der Waals surface area (Å²) in [5, 5.41) is 4.96. The number of nitrogens with zero attached hydrogens (tertiary/aromatic N) is 2. The summed E-state index contributed by atoms with van der Waals surface area (Å²) in [7, 11) is 0.398. The van der Waals surface area contributed by atoms with Gasteiger partial charge in [0.25, 0.3) is 5.91 Å². The minimum atomic E-state index is -3.55. The van der Waals surface area contributed by atoms with Crippen LogP contribution in [-0.4, -0.2) is 57.3 Å². The number of hydrogen-bond acceptors (Lipinski definition) is 5. The number of piperidine rings is 1. The largest absolute Gasteiger partial charge is 0.350 e. The molecule has 1 saturated heterocycles. The van der Waals surface area contributed by atoms with E-state index in [-0.39, 0.29) is 16.8 Å². The molecule has 1 aromatic heterocycles. The second kappa shape index (κ2) is 9.17. The van der Waals surface area contributed by atoms with Gasteiger partial charge in [0.05, 0.1) is 10.9 Å². The van der Waals surface area contributed by atoms with Crippen molar-refractivity contribution in [2.24, 2.45) is 0 Å². The number of sulfonamides is 1. The standard InChI is InChI=1S/C20H27N3O3S2/c1-22(2)18(19-10-7-13-27-19)15-21-20(24)16-8-6-9-17(14-16)28(25,26)23-11-4-3-5-12-23/h6-10,13-14,18H,3-5,11-12,15H2,1-2H3,(H,21,24). The summed E-state index contributed by atoms with van der Waals surface area (Å²) in [6.07, 6.45) is 2.83. The Bertz CT molecular complexity index is 889. The average Bonchev–Trinajstić information content (AvgIpc) is 3.23. The Kier molecular flexibility index (Phi) is 6.87. The number of rotatable bonds is 7. The summed E-state index contributed by atoms with van der Waals surface area (Å²) in [6.45, 7) is 1.55. The van der Waals surface area contributed by atoms with Crippen LogP contribution in [0.1, 0.15) is 40.5 Å². The molecule has 1 aliphatic heterocycles. The Labute approximate surface area is 171 Å². The molecule has 1 fully saturated rings. The molecule has 8 heteroatoms. The molecule has 0 bridgehead atoms. The van der Waals surface area contributed by atoms with Crippen molar-refractivity contribution in [3.8, 4) is 0 Å². The maximum absolute atomic E-state index is 12.9. The zero-order chi connectivity index (χ0) is 20.1. The highest BCUT2D eigenvalue weighted by atomic mass is 32.2. The van der Waals surface area contributed by atoms with Gasteiger partial charge in [0.1, 0.15) is 0 Å². The van der Waals surface area contributed by atoms with E-state index in [2.05, 4.69) is 10.2 Å². The highest BCUT2D eigenvalue weighted by Gasteiger charge is 2.26. The first-order chi connectivity index (χ1) is 13.4. The van der Waals surface area contributed by atoms with Gasteiger partial charge in [-0.15, -0.1) is 11.3 Å². The molecule has 1 amide bonds. The summed E-state index contributed by atoms with van der Waals surface area (Å²) in [6, 6.07) is 10.4. The van der Waals surface area contributed by atoms with Crippen molar-refractivity contribution in [2.45, 2.75) is 30.2 Å². The lowest BCUT2D eigenvalue weighted by atomic mass is 10.2. The van der Waals surface area contributed by atoms with Crippen molar-refractivity contribution in [1.82, 2.24) is 14.5 Å². The Hall–Kier alpha value is -1.74. The molecule has 1 aromatic carbocycles. The third-order valence-corrected chi connectivity index (χ3v) is 7.87. The summed E-state index contributed by atoms with van der Waals surface area (Å²) in [5.41, 5.74) is 0.363. The molecule has 0 saturated carbocycles. The molecule has 1 N–H and O–H groups in total. The van der Waals surface area contributed by atoms with E-state index in [9.17, 15) is 13.2 Å². The van der Waals surface area contributed by atoms with Gasteiger partial charge in [-0.3, -0.25) is 4.79 Å². The number of nitrogens with one attached hydrogen (secondary N) is 1. The Morgan fingerprint density at radius 2 is 1.93 bits per heavy atom. The van der Waals surface area contributed by atoms with Crippen LogP contribution in [-0.2, 0) is 10.0 Å². The van der Waals surface area contributed by atoms with Crippen molar-refractivity contribution in [3.05, 3.63) is 52.2 Å². The van der Waals surface area contributed by atoms with Gasteiger partial charge in [0.15, 0.2) is 0 Å². The van der Waals surface area contributed by atoms with Crippen LogP contribution < -0.4 is 5.32 Å². The van der Waals surface area contributed by atoms with Gasteiger partial charge in [-0.25, -0.2) is 8.42 Å². The third-order valence-electron chi connectivity index (χ3n) is 5.00. The summed E-state index contributed by atoms with van der Waals surface area (Å²) >= 11 is 1.65. The van der Waals surface area contributed by atoms with E-state index >= 15 is 0 Å². The minimum absolute atomic E-state index is 0.0733. The lowest BCUT2D eigenvalue weighted by Gasteiger charge is -2.26. The Balaban J connectivity index is 1.71. The Morgan fingerprint density at radius 1 is 1.18 bits per heavy atom. The van der Waals surface area contributed by atoms with Crippen molar-refractivity contribution >= 4 is 27.3 Å². The van der Waals surface area contributed by atoms with E-state index in [0.717, 1.165) is 19.3 Å². The lowest BCUT2D eigenvalue weighted by molar-refractivity contribution is 0.0942. The number of amides is 1. The molecule has 1 atom stereocenters. The van der Waals surface area contributed by atoms with E-state index in [1.807, 2.05) is 31.6 Å². The van der Waals surface area contributed by atoms with E-state index in [1.54, 1.807) is 29.5 Å². The smallest absolute Gasteiger partial charge is 0.251 e. The molecule has 3 rings (SSSR count). The molecule has 0 aliphatic carbocycles. The molecule has 2 aromatic rings. The van der Waals surface area contributed by atoms with E-state index < -0.39 is 10.0 Å². The molecule has 0 spiro atoms. The predicted octanol–water partition coefficient (Wildman–Crippen LogP) is 2.96. The molecular weight excluding hydrogens is 394 g/mol. The van der Waals surface area contributed by atoms with Gasteiger partial charge in [-0.1, -0.05) is 18.6 Å². The van der Waals surface area contributed by atoms with Crippen LogP contribution in [0.25, 0.3) is 0 Å². The molecular formula is C20H27N3O3S2. The van der Waals surface area contributed by atoms with Crippen molar-refractivity contribution in [1.29, 1.82) is 0 Å². The third kappa shape index (κ3) is 4.81. The Morgan fingerprint density at radius 3 is 2.57 bits per heavy atom. The van der Waals surface area contributed by atoms with Crippen molar-refractivity contribution in [2.75, 3.05) is 33.7 Å². The topological polar surface area (TPSA) is 69.7 Å². The zero-order valence-corrected chi connectivity index (χ0v) is 17.9. The molecule has 1 unspecified atom stereocenters. The van der Waals surface area contributed by atoms with Crippen LogP contribution in [0.4, 0.5) is 0 Å². The number of likely N-dealkylation sites (N-methyl/N-ethyl adjacent to an activating group) is 1. The van der Waals surface area contributed by atoms with E-state index in [4.69, 9.17) is 0 Å². The first-order valence-electron chi connectivity index (χ1n) is 9.48. The van der Waals surface area contributed by atoms with Crippen LogP contribution in [0.5, 0.6) is 0 Å². The number of carbonyl (C=O) groups excluding carboxylic acids is 1. The van der Waals surface area contributed by atoms with Gasteiger partial charge in [0.2, 0.25) is 10.0 Å². The molecule has 28 heavy (non-hydrogen) atoms. The molecule has 1 aliphatic rings. The minimum Gasteiger partial charge on any atom is -0.350 e. The van der Waals surface area contributed by atoms with Gasteiger partial charge in [-0.05, 0) is 56.6 Å². The lowest BCUT2D eigenvalue weighted by Crippen LogP contribution is -2.36. The van der Waals surface area contributed by atoms with Crippen LogP contribution in [0.2, 0.25) is 0 Å². The van der Waals surface area contributed by atoms with Crippen LogP contribution >= 0.6 is 11.3 Å². The highest BCUT2D eigenvalue weighted by Crippen LogP contribution is 2.23. The molecule has 152 valence electrons. The monoisotopic (exact) mass is 421 g/mol. The first-order valence-corrected chi connectivity index (χ1v) is 11.8. The fourth-order valence-corrected chi connectivity index (χ4v) is 5.85. The molecule has 0 radical (unpaired) electrons. The van der Waals surface area contributed by atoms with Crippen LogP contribution in [0.3, 0.4) is 0 Å². The zero-order valence-electron chi connectivity index (χ0n) is 16.3. The second-order valence-electron chi connectivity index (χ2n) is 7.20. The van der Waals surface area contributed by atoms with Gasteiger partial charge in [0, 0.05) is 30.1 Å². The van der Waals surface area contributed by atoms with Gasteiger partial charge >= 0.3 is 0 Å². The normalized spacial score (nSPS) is 16.8. The number of benzene rings is 1. The van der Waals surface area contributed by atoms with Crippen molar-refractivity contribution in [3.63, 3.8) is 0 Å². The average molecular weight is 422 g/mol. The van der Waals surface area contributed by atoms with Gasteiger partial charge < -0.3 is 10.2 Å². The van der Waals surface area contributed by atoms with Gasteiger partial charge in [-0.2, -0.15) is 4.31 Å². The summed E-state index contributed by atoms with van der Waals surface area (Å²) < 4.78 is 27.2. The second-order valence-corrected chi connectivity index (χ2v) is 10.1. The highest BCUT2D eigenvalue weighted by molar-refractivity contribution is 7.89. The SMILES string of the molecule is CN(C)C(CNC(=O)c1cccc(S(=O)(=O)N2CCCCC2)c1)c1cccs1. The van der Waals surface area contributed by atoms with Crippen molar-refractivity contribution < 1.29 is 13.2 Å². The number of thiophene rings is 1. The van der Waals surface area contributed by atoms with Crippen LogP contribution in [0.15, 0.2) is 46.7 Å². The molecule has 6 nitrogen and oxygen atoms in total. The fourth-order valence-electron chi connectivity index (χ4n) is 3.36. The summed E-state index contributed by atoms with van der Waals surface area (Å²) in [5.74, 6) is -0.265. The maximum atomic E-state index is 12.9. The van der Waals surface area contributed by atoms with E-state index in [0.29, 0.717) is 25.2 Å².